The zero-order chi connectivity index (χ0) is 27.7. The van der Waals surface area contributed by atoms with Gasteiger partial charge in [0.25, 0.3) is 17.6 Å². The van der Waals surface area contributed by atoms with Crippen molar-refractivity contribution in [3.63, 3.8) is 0 Å². The zero-order valence-electron chi connectivity index (χ0n) is 21.9. The number of carbonyl (C=O) groups excluding carboxylic acids is 3. The second-order valence-corrected chi connectivity index (χ2v) is 9.34. The molecule has 194 valence electrons. The van der Waals surface area contributed by atoms with Gasteiger partial charge in [-0.2, -0.15) is 5.26 Å². The molecule has 1 saturated heterocycles. The molecule has 1 aliphatic heterocycles. The molecule has 1 N–H and O–H groups in total. The van der Waals surface area contributed by atoms with Crippen molar-refractivity contribution >= 4 is 31.1 Å². The fraction of sp³-hybridized carbons (Fsp3) is 0.304. The van der Waals surface area contributed by atoms with Crippen LogP contribution in [0.3, 0.4) is 0 Å². The number of phosphoric acid groups is 1. The molecule has 3 rings (SSSR count). The van der Waals surface area contributed by atoms with Crippen molar-refractivity contribution in [3.8, 4) is 18.4 Å². The third-order valence-corrected chi connectivity index (χ3v) is 6.40. The third-order valence-electron chi connectivity index (χ3n) is 5.97. The molecule has 0 saturated carbocycles. The third kappa shape index (κ3) is 7.27. The number of ketones is 1. The first-order valence-corrected chi connectivity index (χ1v) is 12.0. The molecule has 0 aliphatic carbocycles. The van der Waals surface area contributed by atoms with E-state index in [9.17, 15) is 33.1 Å². The molecule has 1 aromatic heterocycles. The molecule has 1 aliphatic rings. The van der Waals surface area contributed by atoms with Gasteiger partial charge in [-0.15, -0.1) is 6.42 Å². The summed E-state index contributed by atoms with van der Waals surface area (Å²) < 4.78 is 35.2. The van der Waals surface area contributed by atoms with Crippen molar-refractivity contribution in [1.29, 1.82) is 5.26 Å². The minimum absolute atomic E-state index is 0. The maximum absolute atomic E-state index is 13.6. The molecular weight excluding hydrogens is 556 g/mol. The first-order valence-electron chi connectivity index (χ1n) is 10.5. The molecule has 0 bridgehead atoms. The Balaban J connectivity index is 0.00000380. The van der Waals surface area contributed by atoms with Crippen molar-refractivity contribution in [2.45, 2.75) is 19.4 Å². The monoisotopic (exact) mass is 576 g/mol. The van der Waals surface area contributed by atoms with Crippen LogP contribution < -0.4 is 74.2 Å². The summed E-state index contributed by atoms with van der Waals surface area (Å²) in [7, 11) is -4.05. The van der Waals surface area contributed by atoms with E-state index < -0.39 is 43.5 Å². The summed E-state index contributed by atoms with van der Waals surface area (Å²) in [5.41, 5.74) is -1.52. The van der Waals surface area contributed by atoms with E-state index in [2.05, 4.69) is 15.8 Å². The molecule has 0 unspecified atom stereocenters. The number of halogens is 1. The van der Waals surface area contributed by atoms with Crippen LogP contribution in [0.1, 0.15) is 37.7 Å². The summed E-state index contributed by atoms with van der Waals surface area (Å²) in [6, 6.07) is 5.05. The van der Waals surface area contributed by atoms with Gasteiger partial charge in [0.2, 0.25) is 0 Å². The van der Waals surface area contributed by atoms with E-state index in [-0.39, 0.29) is 106 Å². The van der Waals surface area contributed by atoms with Crippen LogP contribution in [0.15, 0.2) is 18.2 Å². The Labute approximate surface area is 267 Å². The topological polar surface area (TPSA) is 177 Å². The molecule has 39 heavy (non-hydrogen) atoms. The van der Waals surface area contributed by atoms with E-state index in [0.29, 0.717) is 4.90 Å². The van der Waals surface area contributed by atoms with Crippen molar-refractivity contribution in [2.24, 2.45) is 7.05 Å². The van der Waals surface area contributed by atoms with Crippen LogP contribution in [-0.4, -0.2) is 52.5 Å². The number of carbonyl (C=O) groups is 3. The first-order chi connectivity index (χ1) is 17.3. The van der Waals surface area contributed by atoms with Crippen molar-refractivity contribution in [1.82, 2.24) is 9.47 Å². The Morgan fingerprint density at radius 1 is 1.31 bits per heavy atom. The number of nitrogens with one attached hydrogen (secondary N) is 1. The predicted octanol–water partition coefficient (Wildman–Crippen LogP) is -5.87. The SMILES string of the molecule is C#CC1(N(COP(=O)([O-])[O-])C(=O)C(=O)c2c(C)c(C(=O)Nc3ccc(F)c(C#N)c3)n(C)c2C)COC1.[Na+].[Na+]. The quantitative estimate of drug-likeness (QED) is 0.0801. The number of aromatic nitrogens is 1. The number of benzene rings is 1. The normalized spacial score (nSPS) is 13.4. The first kappa shape index (κ1) is 35.2. The molecule has 0 atom stereocenters. The molecular formula is C23H20FN4Na2O8P. The minimum Gasteiger partial charge on any atom is -0.790 e. The molecule has 12 nitrogen and oxygen atoms in total. The summed E-state index contributed by atoms with van der Waals surface area (Å²) >= 11 is 0. The van der Waals surface area contributed by atoms with E-state index in [1.54, 1.807) is 6.07 Å². The maximum Gasteiger partial charge on any atom is 1.00 e. The van der Waals surface area contributed by atoms with Gasteiger partial charge >= 0.3 is 59.1 Å². The largest absolute Gasteiger partial charge is 1.00 e. The van der Waals surface area contributed by atoms with Gasteiger partial charge in [-0.05, 0) is 37.6 Å². The number of phosphoric ester groups is 1. The van der Waals surface area contributed by atoms with Crippen LogP contribution in [0, 0.1) is 43.3 Å². The standard InChI is InChI=1S/C23H22FN4O8P.2Na/c1-5-23(10-35-11-23)28(12-36-37(32,33)34)22(31)20(29)18-13(2)19(27(4)14(18)3)21(30)26-16-6-7-17(24)15(8-16)9-25;;/h1,6-8H,10-12H2,2-4H3,(H,26,30)(H2,32,33,34);;/q;2*+1/p-2. The van der Waals surface area contributed by atoms with E-state index in [1.165, 1.54) is 31.5 Å². The molecule has 2 heterocycles. The summed E-state index contributed by atoms with van der Waals surface area (Å²) in [6.45, 7) is 1.34. The number of nitriles is 1. The van der Waals surface area contributed by atoms with E-state index in [0.717, 1.165) is 12.1 Å². The van der Waals surface area contributed by atoms with Gasteiger partial charge in [0.1, 0.15) is 24.3 Å². The Morgan fingerprint density at radius 3 is 2.41 bits per heavy atom. The van der Waals surface area contributed by atoms with Gasteiger partial charge < -0.3 is 33.5 Å². The number of anilines is 1. The van der Waals surface area contributed by atoms with E-state index in [4.69, 9.17) is 16.4 Å². The number of amides is 2. The fourth-order valence-electron chi connectivity index (χ4n) is 3.86. The number of ether oxygens (including phenoxy) is 1. The maximum atomic E-state index is 13.6. The van der Waals surface area contributed by atoms with Crippen LogP contribution in [0.5, 0.6) is 0 Å². The second-order valence-electron chi connectivity index (χ2n) is 8.19. The molecule has 2 amide bonds. The van der Waals surface area contributed by atoms with Gasteiger partial charge in [-0.3, -0.25) is 19.3 Å². The van der Waals surface area contributed by atoms with Crippen molar-refractivity contribution < 1.29 is 102 Å². The van der Waals surface area contributed by atoms with Crippen LogP contribution in [0.2, 0.25) is 0 Å². The summed E-state index contributed by atoms with van der Waals surface area (Å²) in [5.74, 6) is -1.60. The van der Waals surface area contributed by atoms with E-state index in [1.807, 2.05) is 0 Å². The number of terminal acetylenes is 1. The van der Waals surface area contributed by atoms with Gasteiger partial charge in [-0.1, -0.05) is 5.92 Å². The number of hydrogen-bond acceptors (Lipinski definition) is 9. The minimum atomic E-state index is -5.52. The Kier molecular flexibility index (Phi) is 12.3. The molecule has 0 radical (unpaired) electrons. The summed E-state index contributed by atoms with van der Waals surface area (Å²) in [5, 5.41) is 11.5. The van der Waals surface area contributed by atoms with Crippen LogP contribution in [0.4, 0.5) is 10.1 Å². The Hall–Kier alpha value is -1.84. The molecule has 1 aromatic carbocycles. The average molecular weight is 576 g/mol. The number of nitrogens with zero attached hydrogens (tertiary/aromatic N) is 3. The van der Waals surface area contributed by atoms with Crippen LogP contribution in [-0.2, 0) is 25.7 Å². The van der Waals surface area contributed by atoms with Crippen LogP contribution in [0.25, 0.3) is 0 Å². The molecule has 1 fully saturated rings. The second kappa shape index (κ2) is 13.7. The predicted molar refractivity (Wildman–Crippen MR) is 121 cm³/mol. The summed E-state index contributed by atoms with van der Waals surface area (Å²) in [6.07, 6.45) is 5.50. The van der Waals surface area contributed by atoms with Crippen LogP contribution >= 0.6 is 7.82 Å². The Bertz CT molecular complexity index is 1440. The molecule has 16 heteroatoms. The van der Waals surface area contributed by atoms with E-state index >= 15 is 0 Å². The number of hydrogen-bond donors (Lipinski definition) is 1. The van der Waals surface area contributed by atoms with Gasteiger partial charge in [0, 0.05) is 18.4 Å². The van der Waals surface area contributed by atoms with Gasteiger partial charge in [0.15, 0.2) is 5.54 Å². The van der Waals surface area contributed by atoms with Gasteiger partial charge in [0.05, 0.1) is 32.2 Å². The fourth-order valence-corrected chi connectivity index (χ4v) is 4.12. The van der Waals surface area contributed by atoms with Crippen molar-refractivity contribution in [3.05, 3.63) is 52.1 Å². The Morgan fingerprint density at radius 2 is 1.92 bits per heavy atom. The average Bonchev–Trinajstić information content (AvgIpc) is 3.03. The number of Topliss-reactive ketones (excluding diaryl/α,β-unsaturated/α-hetero) is 1. The molecule has 2 aromatic rings. The summed E-state index contributed by atoms with van der Waals surface area (Å²) in [4.78, 5) is 62.2. The van der Waals surface area contributed by atoms with Crippen molar-refractivity contribution in [2.75, 3.05) is 25.3 Å². The van der Waals surface area contributed by atoms with Gasteiger partial charge in [-0.25, -0.2) is 4.39 Å². The smallest absolute Gasteiger partial charge is 0.790 e. The number of rotatable bonds is 8. The zero-order valence-corrected chi connectivity index (χ0v) is 26.8. The molecule has 0 spiro atoms.